The van der Waals surface area contributed by atoms with Crippen LogP contribution in [-0.4, -0.2) is 38.8 Å². The predicted octanol–water partition coefficient (Wildman–Crippen LogP) is 0.898. The van der Waals surface area contributed by atoms with Crippen molar-refractivity contribution >= 4 is 17.7 Å². The minimum absolute atomic E-state index is 0.370. The third-order valence-corrected chi connectivity index (χ3v) is 4.16. The van der Waals surface area contributed by atoms with E-state index in [1.807, 2.05) is 44.5 Å². The number of rotatable bonds is 4. The summed E-state index contributed by atoms with van der Waals surface area (Å²) in [4.78, 5) is 10.9. The third kappa shape index (κ3) is 2.75. The maximum atomic E-state index is 5.61. The molecular formula is C12H19N7S. The summed E-state index contributed by atoms with van der Waals surface area (Å²) < 4.78 is 1.89. The van der Waals surface area contributed by atoms with Crippen molar-refractivity contribution in [3.05, 3.63) is 17.1 Å². The number of anilines is 1. The van der Waals surface area contributed by atoms with E-state index in [1.165, 1.54) is 11.8 Å². The second-order valence-electron chi connectivity index (χ2n) is 4.70. The molecule has 0 atom stereocenters. The van der Waals surface area contributed by atoms with Crippen LogP contribution < -0.4 is 10.6 Å². The maximum Gasteiger partial charge on any atom is 0.226 e. The molecule has 2 heterocycles. The summed E-state index contributed by atoms with van der Waals surface area (Å²) in [6.07, 6.45) is 0. The average Bonchev–Trinajstić information content (AvgIpc) is 2.75. The van der Waals surface area contributed by atoms with E-state index >= 15 is 0 Å². The molecule has 0 bridgehead atoms. The van der Waals surface area contributed by atoms with Gasteiger partial charge in [-0.15, -0.1) is 10.2 Å². The van der Waals surface area contributed by atoms with Gasteiger partial charge in [-0.3, -0.25) is 0 Å². The van der Waals surface area contributed by atoms with Gasteiger partial charge in [0.25, 0.3) is 0 Å². The third-order valence-electron chi connectivity index (χ3n) is 3.03. The molecule has 2 rings (SSSR count). The first-order valence-corrected chi connectivity index (χ1v) is 7.04. The van der Waals surface area contributed by atoms with Gasteiger partial charge in [0.2, 0.25) is 5.95 Å². The number of hydrogen-bond donors (Lipinski definition) is 1. The Morgan fingerprint density at radius 2 is 1.90 bits per heavy atom. The summed E-state index contributed by atoms with van der Waals surface area (Å²) in [5, 5.41) is 9.87. The molecule has 0 aliphatic heterocycles. The molecular weight excluding hydrogens is 274 g/mol. The number of nitrogens with zero attached hydrogens (tertiary/aromatic N) is 6. The number of aromatic nitrogens is 5. The van der Waals surface area contributed by atoms with Gasteiger partial charge in [0, 0.05) is 32.4 Å². The molecule has 8 heteroatoms. The normalized spacial score (nSPS) is 10.9. The van der Waals surface area contributed by atoms with Crippen molar-refractivity contribution in [1.29, 1.82) is 0 Å². The molecule has 2 aromatic heterocycles. The summed E-state index contributed by atoms with van der Waals surface area (Å²) in [7, 11) is 5.75. The molecule has 2 aromatic rings. The lowest BCUT2D eigenvalue weighted by Gasteiger charge is -2.14. The maximum absolute atomic E-state index is 5.61. The molecule has 0 saturated carbocycles. The topological polar surface area (TPSA) is 85.8 Å². The van der Waals surface area contributed by atoms with Crippen LogP contribution in [0.25, 0.3) is 0 Å². The summed E-state index contributed by atoms with van der Waals surface area (Å²) >= 11 is 1.48. The van der Waals surface area contributed by atoms with E-state index in [4.69, 9.17) is 5.73 Å². The van der Waals surface area contributed by atoms with Crippen LogP contribution >= 0.6 is 11.8 Å². The Kier molecular flexibility index (Phi) is 4.24. The number of aryl methyl sites for hydroxylation is 1. The quantitative estimate of drug-likeness (QED) is 0.838. The summed E-state index contributed by atoms with van der Waals surface area (Å²) in [5.74, 6) is 1.44. The van der Waals surface area contributed by atoms with Gasteiger partial charge in [0.05, 0.1) is 6.54 Å². The van der Waals surface area contributed by atoms with Crippen molar-refractivity contribution in [3.8, 4) is 0 Å². The largest absolute Gasteiger partial charge is 0.347 e. The van der Waals surface area contributed by atoms with Gasteiger partial charge in [-0.1, -0.05) is 0 Å². The highest BCUT2D eigenvalue weighted by Gasteiger charge is 2.15. The van der Waals surface area contributed by atoms with Crippen LogP contribution in [0.15, 0.2) is 10.2 Å². The first kappa shape index (κ1) is 14.7. The molecule has 0 saturated heterocycles. The fraction of sp³-hybridized carbons (Fsp3) is 0.500. The van der Waals surface area contributed by atoms with E-state index in [1.54, 1.807) is 0 Å². The first-order chi connectivity index (χ1) is 9.43. The van der Waals surface area contributed by atoms with E-state index in [2.05, 4.69) is 20.2 Å². The van der Waals surface area contributed by atoms with Crippen LogP contribution in [-0.2, 0) is 13.6 Å². The standard InChI is InChI=1S/C12H19N7S/c1-7-8(2)14-11(18(3)4)15-10(7)20-12-17-16-9(6-13)19(12)5/h6,13H2,1-5H3. The Labute approximate surface area is 122 Å². The Morgan fingerprint density at radius 3 is 2.45 bits per heavy atom. The SMILES string of the molecule is Cc1nc(N(C)C)nc(Sc2nnc(CN)n2C)c1C. The van der Waals surface area contributed by atoms with E-state index < -0.39 is 0 Å². The Hall–Kier alpha value is -1.67. The van der Waals surface area contributed by atoms with Crippen molar-refractivity contribution in [2.24, 2.45) is 12.8 Å². The Balaban J connectivity index is 2.39. The van der Waals surface area contributed by atoms with Crippen LogP contribution in [0.3, 0.4) is 0 Å². The zero-order valence-corrected chi connectivity index (χ0v) is 13.2. The van der Waals surface area contributed by atoms with Crippen LogP contribution in [0.4, 0.5) is 5.95 Å². The summed E-state index contributed by atoms with van der Waals surface area (Å²) in [6.45, 7) is 4.36. The number of nitrogens with two attached hydrogens (primary N) is 1. The van der Waals surface area contributed by atoms with Gasteiger partial charge in [0.15, 0.2) is 5.16 Å². The van der Waals surface area contributed by atoms with Gasteiger partial charge < -0.3 is 15.2 Å². The van der Waals surface area contributed by atoms with E-state index in [0.717, 1.165) is 27.3 Å². The van der Waals surface area contributed by atoms with Gasteiger partial charge in [-0.25, -0.2) is 9.97 Å². The molecule has 7 nitrogen and oxygen atoms in total. The van der Waals surface area contributed by atoms with Gasteiger partial charge in [0.1, 0.15) is 10.9 Å². The first-order valence-electron chi connectivity index (χ1n) is 6.22. The molecule has 20 heavy (non-hydrogen) atoms. The van der Waals surface area contributed by atoms with Crippen LogP contribution in [0.5, 0.6) is 0 Å². The second kappa shape index (κ2) is 5.76. The smallest absolute Gasteiger partial charge is 0.226 e. The zero-order chi connectivity index (χ0) is 14.9. The molecule has 0 fully saturated rings. The fourth-order valence-corrected chi connectivity index (χ4v) is 2.51. The molecule has 0 aliphatic rings. The predicted molar refractivity (Wildman–Crippen MR) is 78.9 cm³/mol. The molecule has 0 unspecified atom stereocenters. The van der Waals surface area contributed by atoms with E-state index in [9.17, 15) is 0 Å². The Bertz CT molecular complexity index is 621. The average molecular weight is 293 g/mol. The monoisotopic (exact) mass is 293 g/mol. The zero-order valence-electron chi connectivity index (χ0n) is 12.4. The molecule has 0 aromatic carbocycles. The Morgan fingerprint density at radius 1 is 1.20 bits per heavy atom. The second-order valence-corrected chi connectivity index (χ2v) is 5.65. The molecule has 0 spiro atoms. The van der Waals surface area contributed by atoms with Crippen LogP contribution in [0.1, 0.15) is 17.1 Å². The highest BCUT2D eigenvalue weighted by atomic mass is 32.2. The highest BCUT2D eigenvalue weighted by Crippen LogP contribution is 2.29. The lowest BCUT2D eigenvalue weighted by Crippen LogP contribution is -2.14. The van der Waals surface area contributed by atoms with Crippen LogP contribution in [0.2, 0.25) is 0 Å². The van der Waals surface area contributed by atoms with Gasteiger partial charge in [-0.2, -0.15) is 0 Å². The molecule has 0 aliphatic carbocycles. The molecule has 2 N–H and O–H groups in total. The fourth-order valence-electron chi connectivity index (χ4n) is 1.59. The minimum atomic E-state index is 0.370. The number of hydrogen-bond acceptors (Lipinski definition) is 7. The van der Waals surface area contributed by atoms with Crippen molar-refractivity contribution in [3.63, 3.8) is 0 Å². The van der Waals surface area contributed by atoms with Gasteiger partial charge >= 0.3 is 0 Å². The van der Waals surface area contributed by atoms with Crippen molar-refractivity contribution < 1.29 is 0 Å². The van der Waals surface area contributed by atoms with Gasteiger partial charge in [-0.05, 0) is 25.6 Å². The lowest BCUT2D eigenvalue weighted by atomic mass is 10.3. The molecule has 108 valence electrons. The van der Waals surface area contributed by atoms with E-state index in [0.29, 0.717) is 12.5 Å². The summed E-state index contributed by atoms with van der Waals surface area (Å²) in [6, 6.07) is 0. The highest BCUT2D eigenvalue weighted by molar-refractivity contribution is 7.99. The van der Waals surface area contributed by atoms with Crippen molar-refractivity contribution in [2.75, 3.05) is 19.0 Å². The van der Waals surface area contributed by atoms with Crippen molar-refractivity contribution in [1.82, 2.24) is 24.7 Å². The molecule has 0 radical (unpaired) electrons. The van der Waals surface area contributed by atoms with Crippen molar-refractivity contribution in [2.45, 2.75) is 30.6 Å². The summed E-state index contributed by atoms with van der Waals surface area (Å²) in [5.41, 5.74) is 7.63. The minimum Gasteiger partial charge on any atom is -0.347 e. The van der Waals surface area contributed by atoms with E-state index in [-0.39, 0.29) is 0 Å². The molecule has 0 amide bonds. The lowest BCUT2D eigenvalue weighted by molar-refractivity contribution is 0.733. The van der Waals surface area contributed by atoms with Crippen LogP contribution in [0, 0.1) is 13.8 Å².